The number of nitrogens with two attached hydrogens (primary N) is 1. The zero-order chi connectivity index (χ0) is 20.8. The van der Waals surface area contributed by atoms with Gasteiger partial charge in [0.05, 0.1) is 18.6 Å². The van der Waals surface area contributed by atoms with Crippen LogP contribution in [0.3, 0.4) is 0 Å². The van der Waals surface area contributed by atoms with Gasteiger partial charge in [-0.15, -0.1) is 0 Å². The molecule has 0 saturated carbocycles. The van der Waals surface area contributed by atoms with Crippen molar-refractivity contribution in [1.82, 2.24) is 5.32 Å². The predicted octanol–water partition coefficient (Wildman–Crippen LogP) is 1.30. The number of aliphatic hydroxyl groups is 1. The van der Waals surface area contributed by atoms with Crippen LogP contribution < -0.4 is 11.1 Å². The monoisotopic (exact) mass is 390 g/mol. The van der Waals surface area contributed by atoms with Crippen molar-refractivity contribution in [3.63, 3.8) is 0 Å². The van der Waals surface area contributed by atoms with Crippen molar-refractivity contribution < 1.29 is 37.4 Å². The van der Waals surface area contributed by atoms with Gasteiger partial charge in [0.1, 0.15) is 6.04 Å². The highest BCUT2D eigenvalue weighted by Crippen LogP contribution is 2.30. The first-order valence-electron chi connectivity index (χ1n) is 8.07. The maximum absolute atomic E-state index is 12.6. The molecule has 0 fully saturated rings. The Balaban J connectivity index is 2.83. The second-order valence-electron chi connectivity index (χ2n) is 5.90. The van der Waals surface area contributed by atoms with Crippen LogP contribution in [0, 0.1) is 5.92 Å². The molecule has 0 aliphatic carbocycles. The zero-order valence-corrected chi connectivity index (χ0v) is 14.7. The number of carbonyl (C=O) groups is 3. The van der Waals surface area contributed by atoms with Crippen molar-refractivity contribution in [3.8, 4) is 0 Å². The summed E-state index contributed by atoms with van der Waals surface area (Å²) in [5, 5.41) is 12.2. The summed E-state index contributed by atoms with van der Waals surface area (Å²) in [6.07, 6.45) is -6.56. The van der Waals surface area contributed by atoms with Crippen molar-refractivity contribution in [2.45, 2.75) is 38.6 Å². The number of halogens is 3. The van der Waals surface area contributed by atoms with E-state index in [1.165, 1.54) is 6.92 Å². The number of nitrogens with one attached hydrogen (secondary N) is 1. The van der Waals surface area contributed by atoms with E-state index < -0.39 is 47.6 Å². The maximum Gasteiger partial charge on any atom is 0.416 e. The average Bonchev–Trinajstić information content (AvgIpc) is 2.57. The van der Waals surface area contributed by atoms with Crippen LogP contribution in [0.1, 0.15) is 37.5 Å². The molecule has 3 atom stereocenters. The SMILES string of the molecule is CCOC(=O)C[C@@H](C)[C@H](NC(=O)[C@@H](O)c1ccc(C(F)(F)F)cc1)C(N)=O. The minimum absolute atomic E-state index is 0.0956. The third-order valence-corrected chi connectivity index (χ3v) is 3.77. The lowest BCUT2D eigenvalue weighted by Gasteiger charge is -2.23. The van der Waals surface area contributed by atoms with E-state index in [9.17, 15) is 32.7 Å². The molecule has 0 aromatic heterocycles. The number of hydrogen-bond donors (Lipinski definition) is 3. The number of ether oxygens (including phenoxy) is 1. The Labute approximate surface area is 153 Å². The highest BCUT2D eigenvalue weighted by Gasteiger charge is 2.32. The second-order valence-corrected chi connectivity index (χ2v) is 5.90. The summed E-state index contributed by atoms with van der Waals surface area (Å²) in [5.41, 5.74) is 4.20. The van der Waals surface area contributed by atoms with Crippen molar-refractivity contribution in [2.24, 2.45) is 11.7 Å². The molecular weight excluding hydrogens is 369 g/mol. The molecule has 0 spiro atoms. The Morgan fingerprint density at radius 3 is 2.22 bits per heavy atom. The van der Waals surface area contributed by atoms with Crippen molar-refractivity contribution >= 4 is 17.8 Å². The van der Waals surface area contributed by atoms with E-state index in [0.29, 0.717) is 0 Å². The minimum Gasteiger partial charge on any atom is -0.466 e. The largest absolute Gasteiger partial charge is 0.466 e. The van der Waals surface area contributed by atoms with Gasteiger partial charge in [0.25, 0.3) is 5.91 Å². The van der Waals surface area contributed by atoms with Crippen LogP contribution in [-0.2, 0) is 25.3 Å². The van der Waals surface area contributed by atoms with E-state index in [0.717, 1.165) is 24.3 Å². The first kappa shape index (κ1) is 22.4. The van der Waals surface area contributed by atoms with Crippen molar-refractivity contribution in [1.29, 1.82) is 0 Å². The van der Waals surface area contributed by atoms with Gasteiger partial charge >= 0.3 is 12.1 Å². The Bertz CT molecular complexity index is 676. The molecule has 1 aromatic carbocycles. The highest BCUT2D eigenvalue weighted by atomic mass is 19.4. The third kappa shape index (κ3) is 6.55. The van der Waals surface area contributed by atoms with E-state index in [4.69, 9.17) is 10.5 Å². The molecule has 2 amide bonds. The van der Waals surface area contributed by atoms with Crippen LogP contribution >= 0.6 is 0 Å². The normalized spacial score (nSPS) is 14.7. The molecule has 0 radical (unpaired) electrons. The number of carbonyl (C=O) groups excluding carboxylic acids is 3. The quantitative estimate of drug-likeness (QED) is 0.578. The second kappa shape index (κ2) is 9.36. The lowest BCUT2D eigenvalue weighted by molar-refractivity contribution is -0.145. The first-order chi connectivity index (χ1) is 12.5. The fourth-order valence-electron chi connectivity index (χ4n) is 2.33. The number of primary amides is 1. The van der Waals surface area contributed by atoms with E-state index in [1.54, 1.807) is 6.92 Å². The van der Waals surface area contributed by atoms with Gasteiger partial charge in [0.15, 0.2) is 6.10 Å². The van der Waals surface area contributed by atoms with Crippen molar-refractivity contribution in [3.05, 3.63) is 35.4 Å². The molecule has 150 valence electrons. The molecule has 0 aliphatic heterocycles. The minimum atomic E-state index is -4.55. The Kier molecular flexibility index (Phi) is 7.77. The van der Waals surface area contributed by atoms with Gasteiger partial charge < -0.3 is 20.9 Å². The smallest absolute Gasteiger partial charge is 0.416 e. The Morgan fingerprint density at radius 2 is 1.78 bits per heavy atom. The van der Waals surface area contributed by atoms with Crippen LogP contribution in [-0.4, -0.2) is 35.5 Å². The molecule has 10 heteroatoms. The lowest BCUT2D eigenvalue weighted by Crippen LogP contribution is -2.50. The summed E-state index contributed by atoms with van der Waals surface area (Å²) in [5.74, 6) is -3.27. The molecule has 1 rings (SSSR count). The van der Waals surface area contributed by atoms with E-state index in [1.807, 2.05) is 0 Å². The highest BCUT2D eigenvalue weighted by molar-refractivity contribution is 5.89. The molecular formula is C17H21F3N2O5. The van der Waals surface area contributed by atoms with E-state index in [2.05, 4.69) is 5.32 Å². The lowest BCUT2D eigenvalue weighted by atomic mass is 9.97. The first-order valence-corrected chi connectivity index (χ1v) is 8.07. The van der Waals surface area contributed by atoms with Gasteiger partial charge in [-0.05, 0) is 30.5 Å². The standard InChI is InChI=1S/C17H21F3N2O5/c1-3-27-12(23)8-9(2)13(15(21)25)22-16(26)14(24)10-4-6-11(7-5-10)17(18,19)20/h4-7,9,13-14,24H,3,8H2,1-2H3,(H2,21,25)(H,22,26)/t9-,13+,14+/m1/s1. The topological polar surface area (TPSA) is 119 Å². The van der Waals surface area contributed by atoms with Crippen molar-refractivity contribution in [2.75, 3.05) is 6.61 Å². The van der Waals surface area contributed by atoms with Gasteiger partial charge in [-0.3, -0.25) is 14.4 Å². The van der Waals surface area contributed by atoms with Gasteiger partial charge in [-0.2, -0.15) is 13.2 Å². The number of hydrogen-bond acceptors (Lipinski definition) is 5. The molecule has 1 aromatic rings. The van der Waals surface area contributed by atoms with Gasteiger partial charge in [-0.1, -0.05) is 19.1 Å². The van der Waals surface area contributed by atoms with Crippen LogP contribution in [0.5, 0.6) is 0 Å². The average molecular weight is 390 g/mol. The zero-order valence-electron chi connectivity index (χ0n) is 14.7. The van der Waals surface area contributed by atoms with Crippen LogP contribution in [0.25, 0.3) is 0 Å². The molecule has 27 heavy (non-hydrogen) atoms. The summed E-state index contributed by atoms with van der Waals surface area (Å²) < 4.78 is 42.4. The summed E-state index contributed by atoms with van der Waals surface area (Å²) in [4.78, 5) is 35.2. The molecule has 0 heterocycles. The third-order valence-electron chi connectivity index (χ3n) is 3.77. The summed E-state index contributed by atoms with van der Waals surface area (Å²) >= 11 is 0. The molecule has 0 bridgehead atoms. The number of alkyl halides is 3. The molecule has 7 nitrogen and oxygen atoms in total. The molecule has 0 unspecified atom stereocenters. The van der Waals surface area contributed by atoms with Crippen LogP contribution in [0.4, 0.5) is 13.2 Å². The fourth-order valence-corrected chi connectivity index (χ4v) is 2.33. The maximum atomic E-state index is 12.6. The number of benzene rings is 1. The number of aliphatic hydroxyl groups excluding tert-OH is 1. The summed E-state index contributed by atoms with van der Waals surface area (Å²) in [6, 6.07) is 2.08. The summed E-state index contributed by atoms with van der Waals surface area (Å²) in [6.45, 7) is 3.24. The summed E-state index contributed by atoms with van der Waals surface area (Å²) in [7, 11) is 0. The number of esters is 1. The van der Waals surface area contributed by atoms with Gasteiger partial charge in [-0.25, -0.2) is 0 Å². The molecule has 4 N–H and O–H groups in total. The van der Waals surface area contributed by atoms with Gasteiger partial charge in [0, 0.05) is 0 Å². The van der Waals surface area contributed by atoms with Crippen LogP contribution in [0.2, 0.25) is 0 Å². The van der Waals surface area contributed by atoms with Crippen LogP contribution in [0.15, 0.2) is 24.3 Å². The predicted molar refractivity (Wildman–Crippen MR) is 87.9 cm³/mol. The van der Waals surface area contributed by atoms with E-state index in [-0.39, 0.29) is 18.6 Å². The Morgan fingerprint density at radius 1 is 1.22 bits per heavy atom. The Hall–Kier alpha value is -2.62. The molecule has 0 saturated heterocycles. The molecule has 0 aliphatic rings. The van der Waals surface area contributed by atoms with E-state index >= 15 is 0 Å². The van der Waals surface area contributed by atoms with Gasteiger partial charge in [0.2, 0.25) is 5.91 Å². The number of rotatable bonds is 8. The fraction of sp³-hybridized carbons (Fsp3) is 0.471. The number of amides is 2.